The molecule has 5 atom stereocenters. The SMILES string of the molecule is COc1ccc2c(c1)C(=O)C[C@@H]1[C@@H]2CC[C@]2(C)[C@@H](O[Si](C)(C)C(C)(C)C)CC[C@@H]12. The number of hydrogen-bond acceptors (Lipinski definition) is 3. The molecule has 0 heterocycles. The normalized spacial score (nSPS) is 34.4. The van der Waals surface area contributed by atoms with E-state index >= 15 is 0 Å². The highest BCUT2D eigenvalue weighted by molar-refractivity contribution is 6.74. The average molecular weight is 415 g/mol. The molecule has 3 aliphatic rings. The maximum atomic E-state index is 13.1. The maximum absolute atomic E-state index is 13.1. The Morgan fingerprint density at radius 1 is 1.14 bits per heavy atom. The van der Waals surface area contributed by atoms with Gasteiger partial charge in [0, 0.05) is 12.0 Å². The number of carbonyl (C=O) groups is 1. The number of ether oxygens (including phenoxy) is 1. The molecule has 0 spiro atoms. The minimum atomic E-state index is -1.80. The van der Waals surface area contributed by atoms with Gasteiger partial charge in [0.05, 0.1) is 13.2 Å². The molecule has 1 aromatic carbocycles. The van der Waals surface area contributed by atoms with Crippen molar-refractivity contribution >= 4 is 14.1 Å². The molecule has 4 heteroatoms. The molecule has 160 valence electrons. The van der Waals surface area contributed by atoms with Gasteiger partial charge in [0.1, 0.15) is 5.75 Å². The minimum Gasteiger partial charge on any atom is -0.497 e. The van der Waals surface area contributed by atoms with Gasteiger partial charge in [-0.15, -0.1) is 0 Å². The van der Waals surface area contributed by atoms with Crippen LogP contribution in [0.2, 0.25) is 18.1 Å². The molecule has 3 nitrogen and oxygen atoms in total. The lowest BCUT2D eigenvalue weighted by Crippen LogP contribution is -2.50. The second-order valence-electron chi connectivity index (χ2n) is 11.4. The first-order chi connectivity index (χ1) is 13.5. The van der Waals surface area contributed by atoms with Crippen LogP contribution in [0.1, 0.15) is 81.6 Å². The van der Waals surface area contributed by atoms with Crippen LogP contribution < -0.4 is 4.74 Å². The standard InChI is InChI=1S/C25H38O3Si/c1-24(2,3)29(6,7)28-23-11-10-21-19-15-22(26)20-14-16(27-5)8-9-17(20)18(19)12-13-25(21,23)4/h8-9,14,18-19,21,23H,10-13,15H2,1-7H3/t18-,19-,21+,23+,25+/m1/s1. The molecule has 1 aromatic rings. The molecule has 0 radical (unpaired) electrons. The summed E-state index contributed by atoms with van der Waals surface area (Å²) in [6.07, 6.45) is 5.77. The summed E-state index contributed by atoms with van der Waals surface area (Å²) in [5.41, 5.74) is 2.38. The predicted molar refractivity (Wildman–Crippen MR) is 120 cm³/mol. The molecule has 3 aliphatic carbocycles. The molecule has 4 rings (SSSR count). The summed E-state index contributed by atoms with van der Waals surface area (Å²) in [6.45, 7) is 14.2. The van der Waals surface area contributed by atoms with Crippen molar-refractivity contribution in [1.29, 1.82) is 0 Å². The Kier molecular flexibility index (Phi) is 5.06. The molecule has 0 amide bonds. The van der Waals surface area contributed by atoms with Crippen LogP contribution in [-0.4, -0.2) is 27.3 Å². The van der Waals surface area contributed by atoms with Crippen molar-refractivity contribution in [3.63, 3.8) is 0 Å². The van der Waals surface area contributed by atoms with Gasteiger partial charge >= 0.3 is 0 Å². The lowest BCUT2D eigenvalue weighted by atomic mass is 9.55. The number of ketones is 1. The van der Waals surface area contributed by atoms with E-state index < -0.39 is 8.32 Å². The van der Waals surface area contributed by atoms with Crippen molar-refractivity contribution in [2.24, 2.45) is 17.3 Å². The van der Waals surface area contributed by atoms with E-state index in [0.29, 0.717) is 36.1 Å². The first-order valence-electron chi connectivity index (χ1n) is 11.4. The fourth-order valence-corrected chi connectivity index (χ4v) is 7.64. The van der Waals surface area contributed by atoms with Gasteiger partial charge in [-0.1, -0.05) is 33.8 Å². The third kappa shape index (κ3) is 3.31. The number of carbonyl (C=O) groups excluding carboxylic acids is 1. The Hall–Kier alpha value is -1.13. The second kappa shape index (κ2) is 6.95. The van der Waals surface area contributed by atoms with Crippen LogP contribution in [-0.2, 0) is 4.43 Å². The van der Waals surface area contributed by atoms with Crippen LogP contribution in [0.3, 0.4) is 0 Å². The van der Waals surface area contributed by atoms with Crippen molar-refractivity contribution in [1.82, 2.24) is 0 Å². The van der Waals surface area contributed by atoms with Crippen molar-refractivity contribution in [3.8, 4) is 5.75 Å². The molecular formula is C25H38O3Si. The highest BCUT2D eigenvalue weighted by Crippen LogP contribution is 2.62. The van der Waals surface area contributed by atoms with Crippen LogP contribution in [0.5, 0.6) is 5.75 Å². The topological polar surface area (TPSA) is 35.5 Å². The predicted octanol–water partition coefficient (Wildman–Crippen LogP) is 6.58. The molecule has 0 N–H and O–H groups in total. The Morgan fingerprint density at radius 3 is 2.52 bits per heavy atom. The van der Waals surface area contributed by atoms with Crippen molar-refractivity contribution in [3.05, 3.63) is 29.3 Å². The Bertz CT molecular complexity index is 809. The third-order valence-electron chi connectivity index (χ3n) is 8.97. The number of rotatable bonds is 3. The van der Waals surface area contributed by atoms with Crippen molar-refractivity contribution < 1.29 is 14.0 Å². The Labute approximate surface area is 177 Å². The van der Waals surface area contributed by atoms with E-state index in [1.54, 1.807) is 7.11 Å². The van der Waals surface area contributed by atoms with E-state index in [-0.39, 0.29) is 10.5 Å². The number of Topliss-reactive ketones (excluding diaryl/α,β-unsaturated/α-hetero) is 1. The molecule has 0 saturated heterocycles. The zero-order valence-electron chi connectivity index (χ0n) is 19.3. The number of methoxy groups -OCH3 is 1. The quantitative estimate of drug-likeness (QED) is 0.524. The minimum absolute atomic E-state index is 0.209. The van der Waals surface area contributed by atoms with Crippen molar-refractivity contribution in [2.75, 3.05) is 7.11 Å². The van der Waals surface area contributed by atoms with Crippen LogP contribution in [0, 0.1) is 17.3 Å². The van der Waals surface area contributed by atoms with Gasteiger partial charge in [-0.05, 0) is 84.7 Å². The summed E-state index contributed by atoms with van der Waals surface area (Å²) in [7, 11) is -0.128. The molecule has 0 aliphatic heterocycles. The fourth-order valence-electron chi connectivity index (χ4n) is 6.19. The smallest absolute Gasteiger partial charge is 0.192 e. The summed E-state index contributed by atoms with van der Waals surface area (Å²) < 4.78 is 12.4. The zero-order chi connectivity index (χ0) is 21.2. The van der Waals surface area contributed by atoms with Gasteiger partial charge in [-0.3, -0.25) is 4.79 Å². The lowest BCUT2D eigenvalue weighted by molar-refractivity contribution is -0.0147. The molecule has 0 bridgehead atoms. The van der Waals surface area contributed by atoms with Crippen LogP contribution in [0.4, 0.5) is 0 Å². The van der Waals surface area contributed by atoms with Crippen LogP contribution in [0.25, 0.3) is 0 Å². The molecular weight excluding hydrogens is 376 g/mol. The average Bonchev–Trinajstić information content (AvgIpc) is 2.97. The highest BCUT2D eigenvalue weighted by Gasteiger charge is 2.57. The second-order valence-corrected chi connectivity index (χ2v) is 16.2. The monoisotopic (exact) mass is 414 g/mol. The number of benzene rings is 1. The van der Waals surface area contributed by atoms with E-state index in [1.165, 1.54) is 24.8 Å². The molecule has 0 aromatic heterocycles. The fraction of sp³-hybridized carbons (Fsp3) is 0.720. The van der Waals surface area contributed by atoms with E-state index in [0.717, 1.165) is 17.7 Å². The Morgan fingerprint density at radius 2 is 1.86 bits per heavy atom. The molecule has 2 fully saturated rings. The zero-order valence-corrected chi connectivity index (χ0v) is 20.3. The third-order valence-corrected chi connectivity index (χ3v) is 13.5. The van der Waals surface area contributed by atoms with E-state index in [2.05, 4.69) is 46.9 Å². The first-order valence-corrected chi connectivity index (χ1v) is 14.3. The summed E-state index contributed by atoms with van der Waals surface area (Å²) in [6, 6.07) is 6.14. The van der Waals surface area contributed by atoms with Crippen LogP contribution >= 0.6 is 0 Å². The van der Waals surface area contributed by atoms with Gasteiger partial charge in [0.2, 0.25) is 0 Å². The maximum Gasteiger partial charge on any atom is 0.192 e. The number of fused-ring (bicyclic) bond motifs is 5. The Balaban J connectivity index is 1.61. The van der Waals surface area contributed by atoms with Crippen LogP contribution in [0.15, 0.2) is 18.2 Å². The van der Waals surface area contributed by atoms with E-state index in [1.807, 2.05) is 12.1 Å². The van der Waals surface area contributed by atoms with E-state index in [4.69, 9.17) is 9.16 Å². The summed E-state index contributed by atoms with van der Waals surface area (Å²) >= 11 is 0. The molecule has 2 saturated carbocycles. The highest BCUT2D eigenvalue weighted by atomic mass is 28.4. The van der Waals surface area contributed by atoms with Gasteiger partial charge in [-0.25, -0.2) is 0 Å². The van der Waals surface area contributed by atoms with Crippen molar-refractivity contribution in [2.45, 2.75) is 90.0 Å². The van der Waals surface area contributed by atoms with Gasteiger partial charge in [-0.2, -0.15) is 0 Å². The summed E-state index contributed by atoms with van der Waals surface area (Å²) in [5, 5.41) is 0.234. The molecule has 0 unspecified atom stereocenters. The largest absolute Gasteiger partial charge is 0.497 e. The van der Waals surface area contributed by atoms with Gasteiger partial charge in [0.15, 0.2) is 14.1 Å². The summed E-state index contributed by atoms with van der Waals surface area (Å²) in [5.74, 6) is 2.67. The summed E-state index contributed by atoms with van der Waals surface area (Å²) in [4.78, 5) is 13.1. The molecule has 29 heavy (non-hydrogen) atoms. The van der Waals surface area contributed by atoms with Gasteiger partial charge in [0.25, 0.3) is 0 Å². The lowest BCUT2D eigenvalue weighted by Gasteiger charge is -2.52. The first kappa shape index (κ1) is 21.1. The van der Waals surface area contributed by atoms with Gasteiger partial charge < -0.3 is 9.16 Å². The number of hydrogen-bond donors (Lipinski definition) is 0. The van der Waals surface area contributed by atoms with E-state index in [9.17, 15) is 4.79 Å².